The average Bonchev–Trinajstić information content (AvgIpc) is 2.73. The number of rotatable bonds is 0. The van der Waals surface area contributed by atoms with Crippen LogP contribution in [-0.4, -0.2) is 0 Å². The summed E-state index contributed by atoms with van der Waals surface area (Å²) in [6.07, 6.45) is 2.94. The lowest BCUT2D eigenvalue weighted by Gasteiger charge is -2.18. The molecule has 0 fully saturated rings. The first-order chi connectivity index (χ1) is 13.9. The highest BCUT2D eigenvalue weighted by molar-refractivity contribution is 7.99. The Bertz CT molecular complexity index is 860. The third-order valence-corrected chi connectivity index (χ3v) is 6.78. The van der Waals surface area contributed by atoms with Gasteiger partial charge in [0, 0.05) is 9.79 Å². The molecule has 0 amide bonds. The van der Waals surface area contributed by atoms with Crippen LogP contribution in [0.4, 0.5) is 0 Å². The van der Waals surface area contributed by atoms with Crippen LogP contribution >= 0.6 is 11.8 Å². The highest BCUT2D eigenvalue weighted by Crippen LogP contribution is 2.36. The molecule has 136 valence electrons. The molecule has 0 saturated heterocycles. The van der Waals surface area contributed by atoms with E-state index in [1.54, 1.807) is 0 Å². The molecule has 4 aromatic carbocycles. The first-order valence-electron chi connectivity index (χ1n) is 9.84. The van der Waals surface area contributed by atoms with E-state index in [2.05, 4.69) is 97.1 Å². The van der Waals surface area contributed by atoms with E-state index in [9.17, 15) is 0 Å². The maximum Gasteiger partial charge on any atom is 0.0157 e. The summed E-state index contributed by atoms with van der Waals surface area (Å²) in [4.78, 5) is 2.72. The minimum atomic E-state index is 0.976. The highest BCUT2D eigenvalue weighted by atomic mass is 32.2. The van der Waals surface area contributed by atoms with Gasteiger partial charge in [-0.15, -0.1) is 0 Å². The Hall–Kier alpha value is -2.77. The van der Waals surface area contributed by atoms with E-state index < -0.39 is 0 Å². The number of hydrogen-bond acceptors (Lipinski definition) is 1. The van der Waals surface area contributed by atoms with E-state index in [4.69, 9.17) is 0 Å². The van der Waals surface area contributed by atoms with Crippen LogP contribution in [0.2, 0.25) is 0 Å². The first-order valence-corrected chi connectivity index (χ1v) is 10.7. The van der Waals surface area contributed by atoms with Crippen molar-refractivity contribution >= 4 is 11.8 Å². The van der Waals surface area contributed by atoms with Gasteiger partial charge in [0.1, 0.15) is 0 Å². The van der Waals surface area contributed by atoms with Crippen LogP contribution in [-0.2, 0) is 19.3 Å². The molecule has 1 aliphatic rings. The fourth-order valence-electron chi connectivity index (χ4n) is 4.04. The van der Waals surface area contributed by atoms with Gasteiger partial charge in [0.25, 0.3) is 0 Å². The van der Waals surface area contributed by atoms with E-state index in [1.807, 2.05) is 11.8 Å². The molecule has 0 spiro atoms. The molecular formula is C27H22S. The summed E-state index contributed by atoms with van der Waals surface area (Å²) >= 11 is 1.90. The molecule has 0 aliphatic carbocycles. The number of hydrogen-bond donors (Lipinski definition) is 0. The summed E-state index contributed by atoms with van der Waals surface area (Å²) < 4.78 is 0. The van der Waals surface area contributed by atoms with Crippen molar-refractivity contribution in [2.75, 3.05) is 0 Å². The van der Waals surface area contributed by atoms with Crippen molar-refractivity contribution in [2.45, 2.75) is 29.1 Å². The van der Waals surface area contributed by atoms with Crippen molar-refractivity contribution in [1.82, 2.24) is 0 Å². The summed E-state index contributed by atoms with van der Waals surface area (Å²) in [7, 11) is 0. The van der Waals surface area contributed by atoms with E-state index in [-0.39, 0.29) is 0 Å². The monoisotopic (exact) mass is 378 g/mol. The second-order valence-electron chi connectivity index (χ2n) is 7.39. The van der Waals surface area contributed by atoms with E-state index in [0.29, 0.717) is 0 Å². The van der Waals surface area contributed by atoms with E-state index in [0.717, 1.165) is 19.3 Å². The predicted octanol–water partition coefficient (Wildman–Crippen LogP) is 6.92. The quantitative estimate of drug-likeness (QED) is 0.282. The van der Waals surface area contributed by atoms with Gasteiger partial charge in [-0.3, -0.25) is 0 Å². The molecule has 0 atom stereocenters. The molecule has 0 unspecified atom stereocenters. The lowest BCUT2D eigenvalue weighted by Crippen LogP contribution is -2.03. The standard InChI is InChI=1S/C27H22S/c1-3-11-22-18-24-13-5-7-15-26(24)28-27-16-8-6-14-25(27)19-23-12-4-2-10-21(23)17-20(22)9-1/h1-16H,17-19H2. The molecular weight excluding hydrogens is 356 g/mol. The van der Waals surface area contributed by atoms with E-state index in [1.165, 1.54) is 43.2 Å². The van der Waals surface area contributed by atoms with Crippen molar-refractivity contribution in [3.8, 4) is 0 Å². The van der Waals surface area contributed by atoms with Crippen LogP contribution in [0, 0.1) is 0 Å². The van der Waals surface area contributed by atoms with Crippen LogP contribution in [0.25, 0.3) is 0 Å². The predicted molar refractivity (Wildman–Crippen MR) is 118 cm³/mol. The minimum Gasteiger partial charge on any atom is -0.0895 e. The molecule has 4 aromatic rings. The molecule has 1 aliphatic heterocycles. The van der Waals surface area contributed by atoms with Gasteiger partial charge in [0.2, 0.25) is 0 Å². The average molecular weight is 379 g/mol. The van der Waals surface area contributed by atoms with Crippen molar-refractivity contribution in [3.63, 3.8) is 0 Å². The molecule has 1 heterocycles. The summed E-state index contributed by atoms with van der Waals surface area (Å²) in [6.45, 7) is 0. The fraction of sp³-hybridized carbons (Fsp3) is 0.111. The minimum absolute atomic E-state index is 0.976. The highest BCUT2D eigenvalue weighted by Gasteiger charge is 2.14. The topological polar surface area (TPSA) is 0 Å². The zero-order valence-electron chi connectivity index (χ0n) is 15.8. The van der Waals surface area contributed by atoms with Crippen molar-refractivity contribution in [1.29, 1.82) is 0 Å². The lowest BCUT2D eigenvalue weighted by atomic mass is 9.91. The third-order valence-electron chi connectivity index (χ3n) is 5.54. The van der Waals surface area contributed by atoms with Crippen LogP contribution in [0.5, 0.6) is 0 Å². The molecule has 0 N–H and O–H groups in total. The van der Waals surface area contributed by atoms with Crippen LogP contribution in [0.1, 0.15) is 33.4 Å². The Morgan fingerprint density at radius 3 is 1.04 bits per heavy atom. The van der Waals surface area contributed by atoms with Gasteiger partial charge in [-0.05, 0) is 64.8 Å². The Morgan fingerprint density at radius 2 is 0.643 bits per heavy atom. The Kier molecular flexibility index (Phi) is 4.76. The molecule has 0 saturated carbocycles. The van der Waals surface area contributed by atoms with Gasteiger partial charge in [0.05, 0.1) is 0 Å². The normalized spacial score (nSPS) is 13.1. The fourth-order valence-corrected chi connectivity index (χ4v) is 5.11. The smallest absolute Gasteiger partial charge is 0.0157 e. The summed E-state index contributed by atoms with van der Waals surface area (Å²) in [6, 6.07) is 35.6. The molecule has 0 nitrogen and oxygen atoms in total. The van der Waals surface area contributed by atoms with E-state index >= 15 is 0 Å². The van der Waals surface area contributed by atoms with Gasteiger partial charge in [0.15, 0.2) is 0 Å². The molecule has 1 heteroatoms. The lowest BCUT2D eigenvalue weighted by molar-refractivity contribution is 1.02. The molecule has 0 bridgehead atoms. The zero-order chi connectivity index (χ0) is 18.8. The van der Waals surface area contributed by atoms with Crippen LogP contribution in [0.3, 0.4) is 0 Å². The largest absolute Gasteiger partial charge is 0.0895 e. The zero-order valence-corrected chi connectivity index (χ0v) is 16.6. The Morgan fingerprint density at radius 1 is 0.357 bits per heavy atom. The molecule has 5 rings (SSSR count). The number of fused-ring (bicyclic) bond motifs is 4. The first kappa shape index (κ1) is 17.3. The van der Waals surface area contributed by atoms with Gasteiger partial charge in [-0.1, -0.05) is 96.7 Å². The maximum absolute atomic E-state index is 2.29. The van der Waals surface area contributed by atoms with Crippen molar-refractivity contribution < 1.29 is 0 Å². The van der Waals surface area contributed by atoms with Crippen LogP contribution in [0.15, 0.2) is 107 Å². The SMILES string of the molecule is c1ccc2c(c1)Cc1ccccc1Cc1ccccc1Sc1ccccc1C2. The van der Waals surface area contributed by atoms with Crippen LogP contribution < -0.4 is 0 Å². The van der Waals surface area contributed by atoms with Gasteiger partial charge < -0.3 is 0 Å². The van der Waals surface area contributed by atoms with Gasteiger partial charge in [-0.2, -0.15) is 0 Å². The van der Waals surface area contributed by atoms with Gasteiger partial charge >= 0.3 is 0 Å². The summed E-state index contributed by atoms with van der Waals surface area (Å²) in [5, 5.41) is 0. The summed E-state index contributed by atoms with van der Waals surface area (Å²) in [5.74, 6) is 0. The Labute approximate surface area is 171 Å². The second-order valence-corrected chi connectivity index (χ2v) is 8.47. The Balaban J connectivity index is 1.70. The maximum atomic E-state index is 2.29. The molecule has 0 radical (unpaired) electrons. The van der Waals surface area contributed by atoms with Crippen molar-refractivity contribution in [2.24, 2.45) is 0 Å². The molecule has 0 aromatic heterocycles. The number of benzene rings is 4. The third kappa shape index (κ3) is 3.50. The van der Waals surface area contributed by atoms with Gasteiger partial charge in [-0.25, -0.2) is 0 Å². The van der Waals surface area contributed by atoms with Crippen molar-refractivity contribution in [3.05, 3.63) is 130 Å². The molecule has 28 heavy (non-hydrogen) atoms. The summed E-state index contributed by atoms with van der Waals surface area (Å²) in [5.41, 5.74) is 8.54. The second kappa shape index (κ2) is 7.69.